The Morgan fingerprint density at radius 3 is 2.86 bits per heavy atom. The van der Waals surface area contributed by atoms with Crippen LogP contribution in [0.4, 0.5) is 5.69 Å². The second-order valence-electron chi connectivity index (χ2n) is 4.82. The Bertz CT molecular complexity index is 689. The summed E-state index contributed by atoms with van der Waals surface area (Å²) in [7, 11) is 0. The molecule has 0 aliphatic heterocycles. The Morgan fingerprint density at radius 1 is 1.19 bits per heavy atom. The van der Waals surface area contributed by atoms with Gasteiger partial charge in [-0.15, -0.1) is 0 Å². The van der Waals surface area contributed by atoms with Gasteiger partial charge in [0, 0.05) is 24.6 Å². The number of hydrogen-bond acceptors (Lipinski definition) is 4. The van der Waals surface area contributed by atoms with E-state index in [0.29, 0.717) is 12.3 Å². The zero-order valence-corrected chi connectivity index (χ0v) is 11.6. The first-order chi connectivity index (χ1) is 10.3. The molecule has 0 aliphatic rings. The van der Waals surface area contributed by atoms with Crippen molar-refractivity contribution in [3.05, 3.63) is 72.2 Å². The van der Waals surface area contributed by atoms with Crippen molar-refractivity contribution in [1.82, 2.24) is 9.55 Å². The summed E-state index contributed by atoms with van der Waals surface area (Å²) in [4.78, 5) is 4.04. The van der Waals surface area contributed by atoms with Gasteiger partial charge in [-0.05, 0) is 29.8 Å². The zero-order chi connectivity index (χ0) is 14.5. The molecule has 0 saturated carbocycles. The average Bonchev–Trinajstić information content (AvgIpc) is 3.17. The number of rotatable bonds is 6. The minimum Gasteiger partial charge on any atom is -0.462 e. The fourth-order valence-electron chi connectivity index (χ4n) is 2.16. The van der Waals surface area contributed by atoms with Crippen LogP contribution in [0, 0.1) is 0 Å². The smallest absolute Gasteiger partial charge is 0.129 e. The summed E-state index contributed by atoms with van der Waals surface area (Å²) in [5.74, 6) is 1.39. The van der Waals surface area contributed by atoms with Crippen molar-refractivity contribution in [3.8, 4) is 0 Å². The average molecular weight is 283 g/mol. The van der Waals surface area contributed by atoms with Crippen LogP contribution in [0.2, 0.25) is 0 Å². The van der Waals surface area contributed by atoms with E-state index in [1.54, 1.807) is 18.6 Å². The molecular formula is C16H17N3O2. The largest absolute Gasteiger partial charge is 0.462 e. The standard InChI is InChI=1S/C16H17N3O2/c20-11-16-5-4-15(21-16)9-18-14-3-1-2-13(8-14)10-19-7-6-17-12-19/h1-8,12,18,20H,9-11H2. The molecule has 2 N–H and O–H groups in total. The monoisotopic (exact) mass is 283 g/mol. The SMILES string of the molecule is OCc1ccc(CNc2cccc(Cn3ccnc3)c2)o1. The van der Waals surface area contributed by atoms with Gasteiger partial charge in [0.25, 0.3) is 0 Å². The highest BCUT2D eigenvalue weighted by atomic mass is 16.4. The van der Waals surface area contributed by atoms with Crippen LogP contribution >= 0.6 is 0 Å². The van der Waals surface area contributed by atoms with Gasteiger partial charge >= 0.3 is 0 Å². The number of nitrogens with zero attached hydrogens (tertiary/aromatic N) is 2. The van der Waals surface area contributed by atoms with E-state index in [-0.39, 0.29) is 6.61 Å². The maximum Gasteiger partial charge on any atom is 0.129 e. The summed E-state index contributed by atoms with van der Waals surface area (Å²) in [5, 5.41) is 12.3. The molecule has 0 saturated heterocycles. The lowest BCUT2D eigenvalue weighted by Crippen LogP contribution is -2.00. The van der Waals surface area contributed by atoms with E-state index in [1.165, 1.54) is 5.56 Å². The van der Waals surface area contributed by atoms with E-state index in [1.807, 2.05) is 29.0 Å². The maximum atomic E-state index is 8.97. The number of aromatic nitrogens is 2. The second kappa shape index (κ2) is 6.28. The molecule has 0 atom stereocenters. The van der Waals surface area contributed by atoms with Crippen molar-refractivity contribution < 1.29 is 9.52 Å². The van der Waals surface area contributed by atoms with Crippen LogP contribution in [0.25, 0.3) is 0 Å². The summed E-state index contributed by atoms with van der Waals surface area (Å²) in [6.07, 6.45) is 5.52. The van der Waals surface area contributed by atoms with Crippen molar-refractivity contribution in [2.75, 3.05) is 5.32 Å². The maximum absolute atomic E-state index is 8.97. The number of imidazole rings is 1. The lowest BCUT2D eigenvalue weighted by molar-refractivity contribution is 0.244. The van der Waals surface area contributed by atoms with E-state index < -0.39 is 0 Å². The van der Waals surface area contributed by atoms with Gasteiger partial charge in [-0.1, -0.05) is 12.1 Å². The van der Waals surface area contributed by atoms with Gasteiger partial charge < -0.3 is 19.4 Å². The summed E-state index contributed by atoms with van der Waals surface area (Å²) in [6.45, 7) is 1.32. The summed E-state index contributed by atoms with van der Waals surface area (Å²) < 4.78 is 7.47. The molecule has 5 nitrogen and oxygen atoms in total. The molecular weight excluding hydrogens is 266 g/mol. The number of hydrogen-bond donors (Lipinski definition) is 2. The first kappa shape index (κ1) is 13.5. The quantitative estimate of drug-likeness (QED) is 0.730. The van der Waals surface area contributed by atoms with Gasteiger partial charge in [0.05, 0.1) is 12.9 Å². The third-order valence-corrected chi connectivity index (χ3v) is 3.19. The molecule has 21 heavy (non-hydrogen) atoms. The predicted octanol–water partition coefficient (Wildman–Crippen LogP) is 2.63. The Kier molecular flexibility index (Phi) is 4.02. The second-order valence-corrected chi connectivity index (χ2v) is 4.82. The third kappa shape index (κ3) is 3.52. The first-order valence-electron chi connectivity index (χ1n) is 6.80. The molecule has 2 aromatic heterocycles. The molecule has 0 unspecified atom stereocenters. The lowest BCUT2D eigenvalue weighted by Gasteiger charge is -2.08. The van der Waals surface area contributed by atoms with Crippen LogP contribution < -0.4 is 5.32 Å². The Morgan fingerprint density at radius 2 is 2.10 bits per heavy atom. The fourth-order valence-corrected chi connectivity index (χ4v) is 2.16. The van der Waals surface area contributed by atoms with Gasteiger partial charge in [-0.25, -0.2) is 4.98 Å². The Labute approximate surface area is 122 Å². The number of aliphatic hydroxyl groups excluding tert-OH is 1. The van der Waals surface area contributed by atoms with Crippen molar-refractivity contribution in [3.63, 3.8) is 0 Å². The molecule has 0 fully saturated rings. The number of anilines is 1. The number of benzene rings is 1. The van der Waals surface area contributed by atoms with Crippen molar-refractivity contribution in [2.45, 2.75) is 19.7 Å². The van der Waals surface area contributed by atoms with Crippen LogP contribution in [-0.4, -0.2) is 14.7 Å². The van der Waals surface area contributed by atoms with E-state index in [0.717, 1.165) is 18.0 Å². The molecule has 5 heteroatoms. The molecule has 108 valence electrons. The van der Waals surface area contributed by atoms with Crippen molar-refractivity contribution >= 4 is 5.69 Å². The Hall–Kier alpha value is -2.53. The van der Waals surface area contributed by atoms with E-state index >= 15 is 0 Å². The predicted molar refractivity (Wildman–Crippen MR) is 79.7 cm³/mol. The van der Waals surface area contributed by atoms with Gasteiger partial charge in [0.2, 0.25) is 0 Å². The van der Waals surface area contributed by atoms with Gasteiger partial charge in [0.15, 0.2) is 0 Å². The molecule has 0 aliphatic carbocycles. The van der Waals surface area contributed by atoms with Crippen molar-refractivity contribution in [2.24, 2.45) is 0 Å². The topological polar surface area (TPSA) is 63.2 Å². The summed E-state index contributed by atoms with van der Waals surface area (Å²) >= 11 is 0. The number of aliphatic hydroxyl groups is 1. The van der Waals surface area contributed by atoms with Crippen LogP contribution in [0.15, 0.2) is 59.5 Å². The lowest BCUT2D eigenvalue weighted by atomic mass is 10.2. The minimum atomic E-state index is -0.0691. The van der Waals surface area contributed by atoms with Gasteiger partial charge in [-0.3, -0.25) is 0 Å². The normalized spacial score (nSPS) is 10.7. The number of furan rings is 1. The van der Waals surface area contributed by atoms with E-state index in [9.17, 15) is 0 Å². The molecule has 2 heterocycles. The highest BCUT2D eigenvalue weighted by Gasteiger charge is 2.02. The molecule has 1 aromatic carbocycles. The highest BCUT2D eigenvalue weighted by Crippen LogP contribution is 2.14. The van der Waals surface area contributed by atoms with Crippen LogP contribution in [-0.2, 0) is 19.7 Å². The molecule has 0 bridgehead atoms. The van der Waals surface area contributed by atoms with Gasteiger partial charge in [-0.2, -0.15) is 0 Å². The summed E-state index contributed by atoms with van der Waals surface area (Å²) in [6, 6.07) is 11.9. The molecule has 0 amide bonds. The van der Waals surface area contributed by atoms with Crippen LogP contribution in [0.3, 0.4) is 0 Å². The molecule has 3 rings (SSSR count). The Balaban J connectivity index is 1.63. The third-order valence-electron chi connectivity index (χ3n) is 3.19. The zero-order valence-electron chi connectivity index (χ0n) is 11.6. The summed E-state index contributed by atoms with van der Waals surface area (Å²) in [5.41, 5.74) is 2.24. The molecule has 0 radical (unpaired) electrons. The highest BCUT2D eigenvalue weighted by molar-refractivity contribution is 5.46. The van der Waals surface area contributed by atoms with Crippen molar-refractivity contribution in [1.29, 1.82) is 0 Å². The fraction of sp³-hybridized carbons (Fsp3) is 0.188. The van der Waals surface area contributed by atoms with E-state index in [4.69, 9.17) is 9.52 Å². The molecule has 3 aromatic rings. The van der Waals surface area contributed by atoms with Crippen LogP contribution in [0.5, 0.6) is 0 Å². The number of nitrogens with one attached hydrogen (secondary N) is 1. The van der Waals surface area contributed by atoms with Gasteiger partial charge in [0.1, 0.15) is 18.1 Å². The van der Waals surface area contributed by atoms with Crippen LogP contribution in [0.1, 0.15) is 17.1 Å². The van der Waals surface area contributed by atoms with E-state index in [2.05, 4.69) is 22.4 Å². The molecule has 0 spiro atoms. The minimum absolute atomic E-state index is 0.0691. The first-order valence-corrected chi connectivity index (χ1v) is 6.80.